The van der Waals surface area contributed by atoms with E-state index in [2.05, 4.69) is 35.0 Å². The van der Waals surface area contributed by atoms with E-state index in [0.29, 0.717) is 6.54 Å². The van der Waals surface area contributed by atoms with Gasteiger partial charge < -0.3 is 10.5 Å². The average molecular weight is 298 g/mol. The maximum atomic E-state index is 6.00. The van der Waals surface area contributed by atoms with Crippen LogP contribution in [0.2, 0.25) is 0 Å². The lowest BCUT2D eigenvalue weighted by molar-refractivity contribution is 0.178. The SMILES string of the molecule is Cc1cc(Br)cc(CCN)c1OCC1CCC1. The third kappa shape index (κ3) is 3.23. The van der Waals surface area contributed by atoms with Gasteiger partial charge in [-0.05, 0) is 61.9 Å². The first-order valence-corrected chi connectivity index (χ1v) is 7.12. The molecule has 0 amide bonds. The molecule has 2 N–H and O–H groups in total. The molecule has 1 fully saturated rings. The second-order valence-electron chi connectivity index (χ2n) is 4.86. The second kappa shape index (κ2) is 5.87. The molecule has 0 aliphatic heterocycles. The minimum atomic E-state index is 0.662. The van der Waals surface area contributed by atoms with Gasteiger partial charge in [0.25, 0.3) is 0 Å². The predicted octanol–water partition coefficient (Wildman–Crippen LogP) is 3.44. The van der Waals surface area contributed by atoms with Crippen LogP contribution in [0.5, 0.6) is 5.75 Å². The fourth-order valence-electron chi connectivity index (χ4n) is 2.21. The Balaban J connectivity index is 2.11. The first-order valence-electron chi connectivity index (χ1n) is 6.32. The van der Waals surface area contributed by atoms with Gasteiger partial charge in [0.1, 0.15) is 5.75 Å². The van der Waals surface area contributed by atoms with Crippen molar-refractivity contribution in [2.24, 2.45) is 11.7 Å². The van der Waals surface area contributed by atoms with Crippen LogP contribution in [0.25, 0.3) is 0 Å². The fraction of sp³-hybridized carbons (Fsp3) is 0.571. The highest BCUT2D eigenvalue weighted by molar-refractivity contribution is 9.10. The van der Waals surface area contributed by atoms with Gasteiger partial charge in [0.05, 0.1) is 6.61 Å². The van der Waals surface area contributed by atoms with Gasteiger partial charge in [0, 0.05) is 4.47 Å². The van der Waals surface area contributed by atoms with Crippen molar-refractivity contribution in [3.8, 4) is 5.75 Å². The Morgan fingerprint density at radius 3 is 2.76 bits per heavy atom. The van der Waals surface area contributed by atoms with Crippen LogP contribution in [0.1, 0.15) is 30.4 Å². The molecule has 2 rings (SSSR count). The molecule has 0 atom stereocenters. The number of hydrogen-bond donors (Lipinski definition) is 1. The first-order chi connectivity index (χ1) is 8.20. The molecule has 0 radical (unpaired) electrons. The third-order valence-electron chi connectivity index (χ3n) is 3.42. The Bertz CT molecular complexity index is 388. The van der Waals surface area contributed by atoms with Crippen molar-refractivity contribution in [1.29, 1.82) is 0 Å². The van der Waals surface area contributed by atoms with E-state index < -0.39 is 0 Å². The predicted molar refractivity (Wildman–Crippen MR) is 74.5 cm³/mol. The molecule has 1 aromatic carbocycles. The minimum absolute atomic E-state index is 0.662. The van der Waals surface area contributed by atoms with E-state index in [-0.39, 0.29) is 0 Å². The van der Waals surface area contributed by atoms with E-state index in [1.54, 1.807) is 0 Å². The van der Waals surface area contributed by atoms with Crippen LogP contribution in [0.4, 0.5) is 0 Å². The van der Waals surface area contributed by atoms with Crippen molar-refractivity contribution in [3.63, 3.8) is 0 Å². The number of halogens is 1. The number of nitrogens with two attached hydrogens (primary N) is 1. The largest absolute Gasteiger partial charge is 0.493 e. The fourth-order valence-corrected chi connectivity index (χ4v) is 2.83. The number of rotatable bonds is 5. The van der Waals surface area contributed by atoms with Crippen molar-refractivity contribution in [3.05, 3.63) is 27.7 Å². The molecule has 0 aromatic heterocycles. The van der Waals surface area contributed by atoms with Crippen LogP contribution >= 0.6 is 15.9 Å². The summed E-state index contributed by atoms with van der Waals surface area (Å²) in [6.07, 6.45) is 4.88. The molecule has 94 valence electrons. The standard InChI is InChI=1S/C14H20BrNO/c1-10-7-13(15)8-12(5-6-16)14(10)17-9-11-3-2-4-11/h7-8,11H,2-6,9,16H2,1H3. The molecular weight excluding hydrogens is 278 g/mol. The van der Waals surface area contributed by atoms with Crippen molar-refractivity contribution in [2.75, 3.05) is 13.2 Å². The molecule has 1 aliphatic rings. The Kier molecular flexibility index (Phi) is 4.46. The van der Waals surface area contributed by atoms with Gasteiger partial charge in [0.2, 0.25) is 0 Å². The number of aryl methyl sites for hydroxylation is 1. The van der Waals surface area contributed by atoms with Gasteiger partial charge in [0.15, 0.2) is 0 Å². The van der Waals surface area contributed by atoms with E-state index in [0.717, 1.165) is 29.2 Å². The summed E-state index contributed by atoms with van der Waals surface area (Å²) in [6.45, 7) is 3.62. The van der Waals surface area contributed by atoms with Gasteiger partial charge in [-0.2, -0.15) is 0 Å². The van der Waals surface area contributed by atoms with Crippen molar-refractivity contribution in [1.82, 2.24) is 0 Å². The van der Waals surface area contributed by atoms with Crippen LogP contribution in [0, 0.1) is 12.8 Å². The molecule has 0 spiro atoms. The lowest BCUT2D eigenvalue weighted by Gasteiger charge is -2.26. The first kappa shape index (κ1) is 12.9. The second-order valence-corrected chi connectivity index (χ2v) is 5.77. The van der Waals surface area contributed by atoms with E-state index >= 15 is 0 Å². The van der Waals surface area contributed by atoms with Crippen LogP contribution in [-0.2, 0) is 6.42 Å². The number of ether oxygens (including phenoxy) is 1. The molecular formula is C14H20BrNO. The van der Waals surface area contributed by atoms with E-state index in [4.69, 9.17) is 10.5 Å². The summed E-state index contributed by atoms with van der Waals surface area (Å²) in [5, 5.41) is 0. The Labute approximate surface area is 112 Å². The Morgan fingerprint density at radius 1 is 1.41 bits per heavy atom. The monoisotopic (exact) mass is 297 g/mol. The zero-order chi connectivity index (χ0) is 12.3. The van der Waals surface area contributed by atoms with Crippen molar-refractivity contribution >= 4 is 15.9 Å². The van der Waals surface area contributed by atoms with E-state index in [9.17, 15) is 0 Å². The summed E-state index contributed by atoms with van der Waals surface area (Å²) < 4.78 is 7.11. The van der Waals surface area contributed by atoms with Crippen molar-refractivity contribution in [2.45, 2.75) is 32.6 Å². The summed E-state index contributed by atoms with van der Waals surface area (Å²) in [5.74, 6) is 1.81. The highest BCUT2D eigenvalue weighted by atomic mass is 79.9. The summed E-state index contributed by atoms with van der Waals surface area (Å²) in [6, 6.07) is 4.23. The number of hydrogen-bond acceptors (Lipinski definition) is 2. The normalized spacial score (nSPS) is 15.7. The molecule has 1 aliphatic carbocycles. The maximum Gasteiger partial charge on any atom is 0.125 e. The molecule has 0 unspecified atom stereocenters. The zero-order valence-corrected chi connectivity index (χ0v) is 11.9. The zero-order valence-electron chi connectivity index (χ0n) is 10.3. The van der Waals surface area contributed by atoms with E-state index in [1.807, 2.05) is 0 Å². The van der Waals surface area contributed by atoms with Crippen LogP contribution in [0.15, 0.2) is 16.6 Å². The summed E-state index contributed by atoms with van der Waals surface area (Å²) in [7, 11) is 0. The molecule has 0 saturated heterocycles. The summed E-state index contributed by atoms with van der Waals surface area (Å²) >= 11 is 3.53. The average Bonchev–Trinajstić information content (AvgIpc) is 2.19. The minimum Gasteiger partial charge on any atom is -0.493 e. The van der Waals surface area contributed by atoms with Gasteiger partial charge in [-0.25, -0.2) is 0 Å². The number of benzene rings is 1. The lowest BCUT2D eigenvalue weighted by atomic mass is 9.86. The van der Waals surface area contributed by atoms with Crippen LogP contribution < -0.4 is 10.5 Å². The van der Waals surface area contributed by atoms with Gasteiger partial charge in [-0.1, -0.05) is 22.4 Å². The third-order valence-corrected chi connectivity index (χ3v) is 3.88. The summed E-state index contributed by atoms with van der Waals surface area (Å²) in [5.41, 5.74) is 8.07. The quantitative estimate of drug-likeness (QED) is 0.904. The molecule has 3 heteroatoms. The Hall–Kier alpha value is -0.540. The molecule has 0 heterocycles. The van der Waals surface area contributed by atoms with Crippen LogP contribution in [0.3, 0.4) is 0 Å². The highest BCUT2D eigenvalue weighted by Crippen LogP contribution is 2.31. The topological polar surface area (TPSA) is 35.2 Å². The molecule has 17 heavy (non-hydrogen) atoms. The van der Waals surface area contributed by atoms with Gasteiger partial charge in [-0.3, -0.25) is 0 Å². The molecule has 2 nitrogen and oxygen atoms in total. The highest BCUT2D eigenvalue weighted by Gasteiger charge is 2.19. The molecule has 1 saturated carbocycles. The molecule has 1 aromatic rings. The Morgan fingerprint density at radius 2 is 2.18 bits per heavy atom. The van der Waals surface area contributed by atoms with Gasteiger partial charge >= 0.3 is 0 Å². The van der Waals surface area contributed by atoms with Gasteiger partial charge in [-0.15, -0.1) is 0 Å². The molecule has 0 bridgehead atoms. The maximum absolute atomic E-state index is 6.00. The summed E-state index contributed by atoms with van der Waals surface area (Å²) in [4.78, 5) is 0. The van der Waals surface area contributed by atoms with E-state index in [1.165, 1.54) is 30.4 Å². The van der Waals surface area contributed by atoms with Crippen molar-refractivity contribution < 1.29 is 4.74 Å². The van der Waals surface area contributed by atoms with Crippen LogP contribution in [-0.4, -0.2) is 13.2 Å². The smallest absolute Gasteiger partial charge is 0.125 e. The lowest BCUT2D eigenvalue weighted by Crippen LogP contribution is -2.20.